The summed E-state index contributed by atoms with van der Waals surface area (Å²) in [6.07, 6.45) is 5.26. The van der Waals surface area contributed by atoms with Crippen molar-refractivity contribution in [1.82, 2.24) is 14.7 Å². The van der Waals surface area contributed by atoms with Gasteiger partial charge in [0.25, 0.3) is 0 Å². The maximum atomic E-state index is 5.91. The Morgan fingerprint density at radius 2 is 2.17 bits per heavy atom. The first-order valence-electron chi connectivity index (χ1n) is 7.01. The smallest absolute Gasteiger partial charge is 0.0597 e. The van der Waals surface area contributed by atoms with Crippen molar-refractivity contribution in [1.29, 1.82) is 0 Å². The second-order valence-corrected chi connectivity index (χ2v) is 5.66. The Balaban J connectivity index is 2.02. The van der Waals surface area contributed by atoms with Crippen LogP contribution in [0.25, 0.3) is 0 Å². The summed E-state index contributed by atoms with van der Waals surface area (Å²) in [7, 11) is 4.25. The number of aryl methyl sites for hydroxylation is 2. The molecule has 2 N–H and O–H groups in total. The molecule has 1 aliphatic rings. The summed E-state index contributed by atoms with van der Waals surface area (Å²) in [6, 6.07) is 2.82. The molecule has 18 heavy (non-hydrogen) atoms. The molecule has 0 amide bonds. The average Bonchev–Trinajstić information content (AvgIpc) is 2.67. The van der Waals surface area contributed by atoms with Gasteiger partial charge in [0.05, 0.1) is 11.4 Å². The number of nitrogens with zero attached hydrogens (tertiary/aromatic N) is 3. The van der Waals surface area contributed by atoms with Crippen LogP contribution in [-0.2, 0) is 13.6 Å². The van der Waals surface area contributed by atoms with E-state index in [1.54, 1.807) is 0 Å². The Bertz CT molecular complexity index is 385. The van der Waals surface area contributed by atoms with E-state index in [1.165, 1.54) is 31.4 Å². The van der Waals surface area contributed by atoms with Crippen molar-refractivity contribution < 1.29 is 0 Å². The Kier molecular flexibility index (Phi) is 4.40. The van der Waals surface area contributed by atoms with E-state index in [1.807, 2.05) is 18.7 Å². The largest absolute Gasteiger partial charge is 0.330 e. The summed E-state index contributed by atoms with van der Waals surface area (Å²) in [5.74, 6) is 0.665. The molecule has 0 aliphatic heterocycles. The molecule has 1 aliphatic carbocycles. The number of nitrogens with two attached hydrogens (primary N) is 1. The highest BCUT2D eigenvalue weighted by atomic mass is 15.3. The highest BCUT2D eigenvalue weighted by molar-refractivity contribution is 5.08. The van der Waals surface area contributed by atoms with E-state index in [2.05, 4.69) is 23.1 Å². The Morgan fingerprint density at radius 3 is 2.78 bits per heavy atom. The normalized spacial score (nSPS) is 24.7. The lowest BCUT2D eigenvalue weighted by Crippen LogP contribution is -2.42. The molecule has 2 rings (SSSR count). The van der Waals surface area contributed by atoms with Crippen LogP contribution in [0.2, 0.25) is 0 Å². The van der Waals surface area contributed by atoms with Gasteiger partial charge in [0.2, 0.25) is 0 Å². The third-order valence-electron chi connectivity index (χ3n) is 4.25. The lowest BCUT2D eigenvalue weighted by Gasteiger charge is -2.37. The molecule has 0 bridgehead atoms. The standard InChI is InChI=1S/C14H26N4/c1-11-8-13(18(3)16-11)10-17(2)14-7-5-4-6-12(14)9-15/h8,12,14H,4-7,9-10,15H2,1-3H3. The zero-order valence-electron chi connectivity index (χ0n) is 11.9. The summed E-state index contributed by atoms with van der Waals surface area (Å²) in [4.78, 5) is 2.47. The fourth-order valence-electron chi connectivity index (χ4n) is 3.23. The van der Waals surface area contributed by atoms with Gasteiger partial charge >= 0.3 is 0 Å². The Labute approximate surface area is 110 Å². The molecular weight excluding hydrogens is 224 g/mol. The van der Waals surface area contributed by atoms with Crippen LogP contribution < -0.4 is 5.73 Å². The first-order valence-corrected chi connectivity index (χ1v) is 7.01. The van der Waals surface area contributed by atoms with Crippen LogP contribution in [0.4, 0.5) is 0 Å². The maximum absolute atomic E-state index is 5.91. The van der Waals surface area contributed by atoms with Crippen molar-refractivity contribution in [3.8, 4) is 0 Å². The number of aromatic nitrogens is 2. The lowest BCUT2D eigenvalue weighted by atomic mass is 9.83. The molecule has 102 valence electrons. The van der Waals surface area contributed by atoms with E-state index >= 15 is 0 Å². The minimum Gasteiger partial charge on any atom is -0.330 e. The molecule has 1 fully saturated rings. The van der Waals surface area contributed by atoms with Crippen molar-refractivity contribution in [2.24, 2.45) is 18.7 Å². The highest BCUT2D eigenvalue weighted by Gasteiger charge is 2.27. The molecule has 4 nitrogen and oxygen atoms in total. The van der Waals surface area contributed by atoms with Crippen molar-refractivity contribution in [2.75, 3.05) is 13.6 Å². The van der Waals surface area contributed by atoms with E-state index in [9.17, 15) is 0 Å². The molecule has 1 saturated carbocycles. The summed E-state index contributed by atoms with van der Waals surface area (Å²) >= 11 is 0. The fraction of sp³-hybridized carbons (Fsp3) is 0.786. The van der Waals surface area contributed by atoms with Gasteiger partial charge in [0.1, 0.15) is 0 Å². The van der Waals surface area contributed by atoms with Gasteiger partial charge in [0.15, 0.2) is 0 Å². The van der Waals surface area contributed by atoms with Gasteiger partial charge in [-0.3, -0.25) is 9.58 Å². The predicted octanol–water partition coefficient (Wildman–Crippen LogP) is 1.68. The minimum atomic E-state index is 0.638. The van der Waals surface area contributed by atoms with E-state index in [-0.39, 0.29) is 0 Å². The van der Waals surface area contributed by atoms with Gasteiger partial charge in [-0.15, -0.1) is 0 Å². The van der Waals surface area contributed by atoms with Crippen molar-refractivity contribution in [3.63, 3.8) is 0 Å². The van der Waals surface area contributed by atoms with Gasteiger partial charge in [-0.1, -0.05) is 12.8 Å². The third-order valence-corrected chi connectivity index (χ3v) is 4.25. The average molecular weight is 250 g/mol. The first-order chi connectivity index (χ1) is 8.61. The van der Waals surface area contributed by atoms with Crippen LogP contribution in [-0.4, -0.2) is 34.3 Å². The third kappa shape index (κ3) is 2.93. The quantitative estimate of drug-likeness (QED) is 0.884. The summed E-state index contributed by atoms with van der Waals surface area (Å²) < 4.78 is 1.99. The number of hydrogen-bond acceptors (Lipinski definition) is 3. The molecule has 0 spiro atoms. The Hall–Kier alpha value is -0.870. The molecule has 2 atom stereocenters. The minimum absolute atomic E-state index is 0.638. The molecule has 0 radical (unpaired) electrons. The molecular formula is C14H26N4. The fourth-order valence-corrected chi connectivity index (χ4v) is 3.23. The van der Waals surface area contributed by atoms with Gasteiger partial charge in [-0.05, 0) is 45.3 Å². The topological polar surface area (TPSA) is 47.1 Å². The number of rotatable bonds is 4. The predicted molar refractivity (Wildman–Crippen MR) is 74.2 cm³/mol. The second kappa shape index (κ2) is 5.85. The summed E-state index contributed by atoms with van der Waals surface area (Å²) in [5.41, 5.74) is 8.30. The summed E-state index contributed by atoms with van der Waals surface area (Å²) in [6.45, 7) is 3.84. The van der Waals surface area contributed by atoms with Crippen molar-refractivity contribution >= 4 is 0 Å². The van der Waals surface area contributed by atoms with E-state index in [0.717, 1.165) is 18.8 Å². The van der Waals surface area contributed by atoms with E-state index in [0.29, 0.717) is 12.0 Å². The van der Waals surface area contributed by atoms with Gasteiger partial charge in [0, 0.05) is 19.6 Å². The second-order valence-electron chi connectivity index (χ2n) is 5.66. The molecule has 1 aromatic heterocycles. The molecule has 4 heteroatoms. The first kappa shape index (κ1) is 13.6. The monoisotopic (exact) mass is 250 g/mol. The molecule has 1 aromatic rings. The van der Waals surface area contributed by atoms with E-state index in [4.69, 9.17) is 5.73 Å². The highest BCUT2D eigenvalue weighted by Crippen LogP contribution is 2.28. The summed E-state index contributed by atoms with van der Waals surface area (Å²) in [5, 5.41) is 4.41. The molecule has 0 saturated heterocycles. The van der Waals surface area contributed by atoms with Crippen LogP contribution in [0.5, 0.6) is 0 Å². The molecule has 0 aromatic carbocycles. The Morgan fingerprint density at radius 1 is 1.44 bits per heavy atom. The van der Waals surface area contributed by atoms with Crippen LogP contribution in [0.15, 0.2) is 6.07 Å². The molecule has 1 heterocycles. The van der Waals surface area contributed by atoms with Gasteiger partial charge in [-0.25, -0.2) is 0 Å². The molecule has 2 unspecified atom stereocenters. The zero-order chi connectivity index (χ0) is 13.1. The van der Waals surface area contributed by atoms with E-state index < -0.39 is 0 Å². The van der Waals surface area contributed by atoms with Crippen LogP contribution in [0.1, 0.15) is 37.1 Å². The van der Waals surface area contributed by atoms with Gasteiger partial charge < -0.3 is 5.73 Å². The zero-order valence-corrected chi connectivity index (χ0v) is 11.9. The number of hydrogen-bond donors (Lipinski definition) is 1. The van der Waals surface area contributed by atoms with Crippen molar-refractivity contribution in [3.05, 3.63) is 17.5 Å². The maximum Gasteiger partial charge on any atom is 0.0597 e. The lowest BCUT2D eigenvalue weighted by molar-refractivity contribution is 0.125. The van der Waals surface area contributed by atoms with Crippen LogP contribution >= 0.6 is 0 Å². The van der Waals surface area contributed by atoms with Crippen molar-refractivity contribution in [2.45, 2.75) is 45.2 Å². The SMILES string of the molecule is Cc1cc(CN(C)C2CCCCC2CN)n(C)n1. The van der Waals surface area contributed by atoms with Gasteiger partial charge in [-0.2, -0.15) is 5.10 Å². The van der Waals surface area contributed by atoms with Crippen LogP contribution in [0, 0.1) is 12.8 Å². The van der Waals surface area contributed by atoms with Crippen LogP contribution in [0.3, 0.4) is 0 Å².